The molecule has 4 aliphatic rings. The predicted molar refractivity (Wildman–Crippen MR) is 249 cm³/mol. The number of imidazole rings is 2. The van der Waals surface area contributed by atoms with E-state index in [1.165, 1.54) is 61.3 Å². The van der Waals surface area contributed by atoms with Crippen molar-refractivity contribution in [2.45, 2.75) is 122 Å². The molecule has 4 amide bonds. The van der Waals surface area contributed by atoms with Crippen molar-refractivity contribution < 1.29 is 28.7 Å². The smallest absolute Gasteiger partial charge is 0.407 e. The zero-order chi connectivity index (χ0) is 45.8. The van der Waals surface area contributed by atoms with Crippen LogP contribution in [0.15, 0.2) is 60.8 Å². The Morgan fingerprint density at radius 2 is 1.29 bits per heavy atom. The highest BCUT2D eigenvalue weighted by Crippen LogP contribution is 2.58. The first kappa shape index (κ1) is 44.0. The number of carbonyl (C=O) groups excluding carboxylic acids is 4. The summed E-state index contributed by atoms with van der Waals surface area (Å²) in [5, 5.41) is 5.50. The van der Waals surface area contributed by atoms with Crippen LogP contribution in [-0.4, -0.2) is 92.6 Å². The average molecular weight is 883 g/mol. The number of amides is 4. The molecule has 2 aliphatic carbocycles. The van der Waals surface area contributed by atoms with E-state index in [0.717, 1.165) is 58.8 Å². The Morgan fingerprint density at radius 3 is 1.92 bits per heavy atom. The van der Waals surface area contributed by atoms with Crippen molar-refractivity contribution in [2.24, 2.45) is 17.8 Å². The van der Waals surface area contributed by atoms with Crippen LogP contribution in [-0.2, 0) is 19.1 Å². The maximum Gasteiger partial charge on any atom is 0.407 e. The topological polar surface area (TPSA) is 175 Å². The lowest BCUT2D eigenvalue weighted by atomic mass is 9.81. The van der Waals surface area contributed by atoms with Gasteiger partial charge in [-0.3, -0.25) is 9.59 Å². The van der Waals surface area contributed by atoms with Crippen molar-refractivity contribution in [1.29, 1.82) is 0 Å². The van der Waals surface area contributed by atoms with Crippen LogP contribution in [0.3, 0.4) is 0 Å². The SMILES string of the molecule is COC(=O)N[C@H](C(=O)N1C[C@@H](C)C[C@H]1c1ncc(-c2ccc(-c3ccc(-c4ccc5[nH]c([C@@H]6CC[C@H](C)N6C(=O)[C@@H](NC(=O)OC)C(C)C)nc5c4)c4c3C3CCC4C3)cc2)[nH]1)C(C)C. The van der Waals surface area contributed by atoms with Crippen LogP contribution in [0.25, 0.3) is 44.5 Å². The molecule has 2 aromatic heterocycles. The van der Waals surface area contributed by atoms with Gasteiger partial charge >= 0.3 is 12.2 Å². The number of likely N-dealkylation sites (tertiary alicyclic amines) is 2. The van der Waals surface area contributed by atoms with Gasteiger partial charge in [0.25, 0.3) is 0 Å². The molecule has 65 heavy (non-hydrogen) atoms. The van der Waals surface area contributed by atoms with Crippen molar-refractivity contribution in [1.82, 2.24) is 40.4 Å². The van der Waals surface area contributed by atoms with E-state index in [1.54, 1.807) is 0 Å². The summed E-state index contributed by atoms with van der Waals surface area (Å²) < 4.78 is 9.66. The highest BCUT2D eigenvalue weighted by atomic mass is 16.5. The molecule has 0 radical (unpaired) electrons. The van der Waals surface area contributed by atoms with Crippen molar-refractivity contribution in [3.8, 4) is 33.5 Å². The minimum absolute atomic E-state index is 0.00141. The summed E-state index contributed by atoms with van der Waals surface area (Å²) in [4.78, 5) is 72.9. The normalized spacial score (nSPS) is 23.3. The largest absolute Gasteiger partial charge is 0.453 e. The number of H-pyrrole nitrogens is 2. The van der Waals surface area contributed by atoms with Gasteiger partial charge in [-0.1, -0.05) is 77.1 Å². The van der Waals surface area contributed by atoms with Crippen LogP contribution in [0.2, 0.25) is 0 Å². The first-order valence-electron chi connectivity index (χ1n) is 23.4. The standard InChI is InChI=1S/C51H62N8O6/c1-26(2)44(56-50(62)64-7)48(60)58-25-28(5)21-41(58)46-52-24-39(55-46)31-12-10-30(11-13-31)35-17-18-36(43-34-15-14-33(22-34)42(35)43)32-16-19-37-38(23-32)54-47(53-37)40-20-9-29(6)59(40)49(61)45(27(3)4)57-51(63)65-8/h10-13,16-19,23-24,26-29,33-34,40-41,44-45H,9,14-15,20-22,25H2,1-8H3,(H,52,55)(H,53,54)(H,56,62)(H,57,63)/t28-,29-,33?,34?,40-,41-,44-,45-/m0/s1. The molecule has 4 N–H and O–H groups in total. The molecule has 14 nitrogen and oxygen atoms in total. The highest BCUT2D eigenvalue weighted by Gasteiger charge is 2.43. The molecule has 8 atom stereocenters. The van der Waals surface area contributed by atoms with Gasteiger partial charge in [0.15, 0.2) is 0 Å². The van der Waals surface area contributed by atoms with Crippen LogP contribution in [0.4, 0.5) is 9.59 Å². The van der Waals surface area contributed by atoms with Gasteiger partial charge in [-0.05, 0) is 126 Å². The fraction of sp³-hybridized carbons (Fsp3) is 0.490. The van der Waals surface area contributed by atoms with E-state index >= 15 is 0 Å². The number of hydrogen-bond acceptors (Lipinski definition) is 8. The van der Waals surface area contributed by atoms with Gasteiger partial charge in [-0.2, -0.15) is 0 Å². The van der Waals surface area contributed by atoms with Crippen LogP contribution in [0, 0.1) is 17.8 Å². The van der Waals surface area contributed by atoms with E-state index in [2.05, 4.69) is 89.0 Å². The zero-order valence-corrected chi connectivity index (χ0v) is 38.7. The first-order valence-corrected chi connectivity index (χ1v) is 23.4. The van der Waals surface area contributed by atoms with Gasteiger partial charge in [0.2, 0.25) is 11.8 Å². The zero-order valence-electron chi connectivity index (χ0n) is 38.7. The number of benzene rings is 3. The summed E-state index contributed by atoms with van der Waals surface area (Å²) in [6, 6.07) is 17.9. The molecule has 2 bridgehead atoms. The van der Waals surface area contributed by atoms with Crippen LogP contribution in [0.1, 0.15) is 127 Å². The third-order valence-corrected chi connectivity index (χ3v) is 14.6. The lowest BCUT2D eigenvalue weighted by molar-refractivity contribution is -0.137. The van der Waals surface area contributed by atoms with Crippen molar-refractivity contribution in [3.05, 3.63) is 83.6 Å². The second kappa shape index (κ2) is 17.7. The van der Waals surface area contributed by atoms with Gasteiger partial charge in [-0.15, -0.1) is 0 Å². The predicted octanol–water partition coefficient (Wildman–Crippen LogP) is 9.37. The Bertz CT molecular complexity index is 2620. The van der Waals surface area contributed by atoms with Gasteiger partial charge in [-0.25, -0.2) is 19.6 Å². The summed E-state index contributed by atoms with van der Waals surface area (Å²) in [5.41, 5.74) is 11.5. The fourth-order valence-electron chi connectivity index (χ4n) is 11.3. The summed E-state index contributed by atoms with van der Waals surface area (Å²) in [6.45, 7) is 12.5. The minimum Gasteiger partial charge on any atom is -0.453 e. The number of alkyl carbamates (subject to hydrolysis) is 2. The number of carbonyl (C=O) groups is 4. The van der Waals surface area contributed by atoms with E-state index < -0.39 is 24.3 Å². The molecule has 2 aliphatic heterocycles. The number of methoxy groups -OCH3 is 2. The molecule has 2 unspecified atom stereocenters. The Morgan fingerprint density at radius 1 is 0.692 bits per heavy atom. The Labute approximate surface area is 380 Å². The van der Waals surface area contributed by atoms with Gasteiger partial charge in [0, 0.05) is 12.6 Å². The maximum atomic E-state index is 14.0. The average Bonchev–Trinajstić information content (AvgIpc) is 4.17. The quantitative estimate of drug-likeness (QED) is 0.102. The number of hydrogen-bond donors (Lipinski definition) is 4. The summed E-state index contributed by atoms with van der Waals surface area (Å²) in [5.74, 6) is 2.34. The Kier molecular flexibility index (Phi) is 12.0. The summed E-state index contributed by atoms with van der Waals surface area (Å²) >= 11 is 0. The third-order valence-electron chi connectivity index (χ3n) is 14.6. The maximum absolute atomic E-state index is 14.0. The summed E-state index contributed by atoms with van der Waals surface area (Å²) in [6.07, 6.45) is 6.58. The van der Waals surface area contributed by atoms with Crippen LogP contribution in [0.5, 0.6) is 0 Å². The molecule has 14 heteroatoms. The van der Waals surface area contributed by atoms with E-state index in [-0.39, 0.29) is 47.7 Å². The van der Waals surface area contributed by atoms with Gasteiger partial charge < -0.3 is 39.9 Å². The number of fused-ring (bicyclic) bond motifs is 6. The number of aromatic nitrogens is 4. The second-order valence-corrected chi connectivity index (χ2v) is 19.6. The monoisotopic (exact) mass is 882 g/mol. The van der Waals surface area contributed by atoms with Crippen molar-refractivity contribution in [2.75, 3.05) is 20.8 Å². The first-order chi connectivity index (χ1) is 31.2. The Hall–Kier alpha value is -6.18. The van der Waals surface area contributed by atoms with E-state index in [9.17, 15) is 19.2 Å². The molecule has 9 rings (SSSR count). The van der Waals surface area contributed by atoms with Crippen molar-refractivity contribution >= 4 is 35.0 Å². The van der Waals surface area contributed by atoms with Gasteiger partial charge in [0.05, 0.1) is 49.2 Å². The molecular formula is C51H62N8O6. The summed E-state index contributed by atoms with van der Waals surface area (Å²) in [7, 11) is 2.61. The lowest BCUT2D eigenvalue weighted by Crippen LogP contribution is -2.52. The molecule has 3 fully saturated rings. The number of nitrogens with zero attached hydrogens (tertiary/aromatic N) is 4. The Balaban J connectivity index is 0.960. The molecule has 2 saturated heterocycles. The third kappa shape index (κ3) is 8.13. The van der Waals surface area contributed by atoms with Crippen LogP contribution < -0.4 is 10.6 Å². The minimum atomic E-state index is -0.704. The number of nitrogens with one attached hydrogen (secondary N) is 4. The highest BCUT2D eigenvalue weighted by molar-refractivity contribution is 5.89. The second-order valence-electron chi connectivity index (χ2n) is 19.6. The molecule has 4 heterocycles. The molecule has 0 spiro atoms. The van der Waals surface area contributed by atoms with E-state index in [1.807, 2.05) is 43.7 Å². The fourth-order valence-corrected chi connectivity index (χ4v) is 11.3. The lowest BCUT2D eigenvalue weighted by Gasteiger charge is -2.32. The van der Waals surface area contributed by atoms with Crippen LogP contribution >= 0.6 is 0 Å². The number of rotatable bonds is 11. The number of ether oxygens (including phenoxy) is 2. The van der Waals surface area contributed by atoms with Gasteiger partial charge in [0.1, 0.15) is 23.7 Å². The van der Waals surface area contributed by atoms with Crippen molar-refractivity contribution in [3.63, 3.8) is 0 Å². The van der Waals surface area contributed by atoms with E-state index in [4.69, 9.17) is 19.4 Å². The molecule has 342 valence electrons. The number of aromatic amines is 2. The van der Waals surface area contributed by atoms with E-state index in [0.29, 0.717) is 18.4 Å². The molecule has 3 aromatic carbocycles. The molecule has 5 aromatic rings. The molecule has 1 saturated carbocycles. The molecular weight excluding hydrogens is 821 g/mol.